The molecule has 4 N–H and O–H groups in total. The minimum Gasteiger partial charge on any atom is -0.494 e. The number of carbonyl (C=O) groups is 1. The predicted molar refractivity (Wildman–Crippen MR) is 187 cm³/mol. The summed E-state index contributed by atoms with van der Waals surface area (Å²) in [5.74, 6) is 2.76. The first kappa shape index (κ1) is 33.1. The van der Waals surface area contributed by atoms with Crippen LogP contribution in [0.3, 0.4) is 0 Å². The second-order valence-corrected chi connectivity index (χ2v) is 12.0. The maximum absolute atomic E-state index is 12.5. The third kappa shape index (κ3) is 7.81. The Labute approximate surface area is 284 Å². The number of ether oxygens (including phenoxy) is 3. The van der Waals surface area contributed by atoms with Gasteiger partial charge in [-0.2, -0.15) is 4.98 Å². The topological polar surface area (TPSA) is 140 Å². The van der Waals surface area contributed by atoms with E-state index in [0.717, 1.165) is 57.1 Å². The Balaban J connectivity index is 1.21. The zero-order chi connectivity index (χ0) is 33.5. The van der Waals surface area contributed by atoms with Crippen LogP contribution in [-0.2, 0) is 23.2 Å². The van der Waals surface area contributed by atoms with Gasteiger partial charge in [0.1, 0.15) is 29.0 Å². The molecule has 2 fully saturated rings. The Kier molecular flexibility index (Phi) is 10.6. The molecule has 0 radical (unpaired) electrons. The first-order chi connectivity index (χ1) is 23.4. The zero-order valence-corrected chi connectivity index (χ0v) is 27.8. The van der Waals surface area contributed by atoms with E-state index in [1.54, 1.807) is 13.3 Å². The number of piperidine rings is 1. The molecule has 6 rings (SSSR count). The van der Waals surface area contributed by atoms with E-state index in [1.807, 2.05) is 54.2 Å². The molecule has 13 nitrogen and oxygen atoms in total. The number of carbonyl (C=O) groups excluding carboxylic acids is 1. The lowest BCUT2D eigenvalue weighted by Crippen LogP contribution is -2.46. The van der Waals surface area contributed by atoms with Crippen molar-refractivity contribution in [2.75, 3.05) is 60.7 Å². The van der Waals surface area contributed by atoms with Gasteiger partial charge >= 0.3 is 0 Å². The molecule has 252 valence electrons. The fourth-order valence-electron chi connectivity index (χ4n) is 5.92. The lowest BCUT2D eigenvalue weighted by molar-refractivity contribution is -0.111. The average molecular weight is 674 g/mol. The third-order valence-electron chi connectivity index (χ3n) is 8.53. The van der Waals surface area contributed by atoms with Gasteiger partial charge in [0.15, 0.2) is 5.82 Å². The van der Waals surface area contributed by atoms with Crippen molar-refractivity contribution in [3.8, 4) is 11.5 Å². The molecule has 2 aromatic carbocycles. The summed E-state index contributed by atoms with van der Waals surface area (Å²) in [6, 6.07) is 11.2. The molecule has 2 aliphatic rings. The maximum Gasteiger partial charge on any atom is 0.247 e. The van der Waals surface area contributed by atoms with E-state index in [4.69, 9.17) is 25.8 Å². The number of para-hydroxylation sites is 2. The second-order valence-electron chi connectivity index (χ2n) is 11.6. The number of hydrogen-bond acceptors (Lipinski definition) is 11. The molecule has 0 saturated carbocycles. The molecular formula is C34H40ClN9O4. The predicted octanol–water partition coefficient (Wildman–Crippen LogP) is 5.27. The molecule has 2 aliphatic heterocycles. The van der Waals surface area contributed by atoms with Crippen molar-refractivity contribution in [1.82, 2.24) is 24.8 Å². The number of aromatic nitrogens is 4. The van der Waals surface area contributed by atoms with Crippen LogP contribution in [0.4, 0.5) is 34.5 Å². The number of imidazole rings is 1. The number of nitrogens with one attached hydrogen (secondary N) is 4. The van der Waals surface area contributed by atoms with E-state index in [-0.39, 0.29) is 24.6 Å². The minimum atomic E-state index is -0.318. The number of benzene rings is 2. The largest absolute Gasteiger partial charge is 0.494 e. The number of amides is 1. The normalized spacial score (nSPS) is 16.6. The van der Waals surface area contributed by atoms with E-state index < -0.39 is 0 Å². The van der Waals surface area contributed by atoms with Crippen molar-refractivity contribution >= 4 is 52.0 Å². The van der Waals surface area contributed by atoms with Gasteiger partial charge in [-0.25, -0.2) is 9.97 Å². The van der Waals surface area contributed by atoms with Crippen LogP contribution >= 0.6 is 11.6 Å². The Morgan fingerprint density at radius 1 is 1.15 bits per heavy atom. The number of halogens is 1. The number of aryl methyl sites for hydroxylation is 1. The van der Waals surface area contributed by atoms with E-state index >= 15 is 0 Å². The van der Waals surface area contributed by atoms with Gasteiger partial charge in [0, 0.05) is 51.7 Å². The summed E-state index contributed by atoms with van der Waals surface area (Å²) in [6.07, 6.45) is 8.54. The molecule has 0 bridgehead atoms. The SMILES string of the molecule is C=CC(=O)Nc1cc(Nc2ncc(Cl)c(Nc3ccccc3OCc3nccn3C)n2)c(OC)cc1N1CCC(C2CNCCO2)CC1. The van der Waals surface area contributed by atoms with Crippen molar-refractivity contribution in [3.05, 3.63) is 78.5 Å². The van der Waals surface area contributed by atoms with Crippen molar-refractivity contribution in [2.45, 2.75) is 25.6 Å². The Bertz CT molecular complexity index is 1740. The second kappa shape index (κ2) is 15.4. The van der Waals surface area contributed by atoms with Crippen LogP contribution in [0, 0.1) is 5.92 Å². The molecular weight excluding hydrogens is 634 g/mol. The van der Waals surface area contributed by atoms with E-state index in [0.29, 0.717) is 45.3 Å². The Morgan fingerprint density at radius 3 is 2.71 bits per heavy atom. The van der Waals surface area contributed by atoms with Crippen LogP contribution in [0.15, 0.2) is 67.6 Å². The molecule has 14 heteroatoms. The van der Waals surface area contributed by atoms with Crippen LogP contribution in [0.1, 0.15) is 18.7 Å². The van der Waals surface area contributed by atoms with Gasteiger partial charge in [-0.05, 0) is 43.0 Å². The molecule has 48 heavy (non-hydrogen) atoms. The summed E-state index contributed by atoms with van der Waals surface area (Å²) in [5.41, 5.74) is 2.70. The fraction of sp³-hybridized carbons (Fsp3) is 0.353. The number of anilines is 6. The molecule has 0 spiro atoms. The Hall–Kier alpha value is -4.85. The zero-order valence-electron chi connectivity index (χ0n) is 27.0. The van der Waals surface area contributed by atoms with E-state index in [9.17, 15) is 4.79 Å². The lowest BCUT2D eigenvalue weighted by Gasteiger charge is -2.39. The van der Waals surface area contributed by atoms with Gasteiger partial charge in [0.05, 0.1) is 48.8 Å². The molecule has 1 amide bonds. The summed E-state index contributed by atoms with van der Waals surface area (Å²) in [6.45, 7) is 8.09. The van der Waals surface area contributed by atoms with E-state index in [1.165, 1.54) is 12.3 Å². The van der Waals surface area contributed by atoms with Crippen LogP contribution in [0.5, 0.6) is 11.5 Å². The summed E-state index contributed by atoms with van der Waals surface area (Å²) in [4.78, 5) is 28.2. The van der Waals surface area contributed by atoms with Crippen molar-refractivity contribution in [1.29, 1.82) is 0 Å². The smallest absolute Gasteiger partial charge is 0.247 e. The van der Waals surface area contributed by atoms with Gasteiger partial charge in [-0.3, -0.25) is 4.79 Å². The molecule has 2 aromatic heterocycles. The highest BCUT2D eigenvalue weighted by Crippen LogP contribution is 2.40. The molecule has 1 unspecified atom stereocenters. The summed E-state index contributed by atoms with van der Waals surface area (Å²) >= 11 is 6.54. The molecule has 1 atom stereocenters. The van der Waals surface area contributed by atoms with Gasteiger partial charge in [0.2, 0.25) is 11.9 Å². The summed E-state index contributed by atoms with van der Waals surface area (Å²) in [7, 11) is 3.52. The number of methoxy groups -OCH3 is 1. The number of hydrogen-bond donors (Lipinski definition) is 4. The molecule has 4 aromatic rings. The first-order valence-electron chi connectivity index (χ1n) is 15.9. The van der Waals surface area contributed by atoms with Gasteiger partial charge in [-0.15, -0.1) is 0 Å². The fourth-order valence-corrected chi connectivity index (χ4v) is 6.06. The monoisotopic (exact) mass is 673 g/mol. The van der Waals surface area contributed by atoms with Gasteiger partial charge in [0.25, 0.3) is 0 Å². The molecule has 2 saturated heterocycles. The van der Waals surface area contributed by atoms with Crippen molar-refractivity contribution in [2.24, 2.45) is 13.0 Å². The summed E-state index contributed by atoms with van der Waals surface area (Å²) < 4.78 is 19.8. The number of morpholine rings is 1. The van der Waals surface area contributed by atoms with Gasteiger partial charge in [-0.1, -0.05) is 30.3 Å². The van der Waals surface area contributed by atoms with Crippen LogP contribution in [0.25, 0.3) is 0 Å². The Morgan fingerprint density at radius 2 is 1.98 bits per heavy atom. The third-order valence-corrected chi connectivity index (χ3v) is 8.81. The van der Waals surface area contributed by atoms with Crippen molar-refractivity contribution < 1.29 is 19.0 Å². The van der Waals surface area contributed by atoms with Crippen LogP contribution in [-0.4, -0.2) is 71.4 Å². The quantitative estimate of drug-likeness (QED) is 0.146. The van der Waals surface area contributed by atoms with Crippen LogP contribution < -0.4 is 35.6 Å². The highest BCUT2D eigenvalue weighted by molar-refractivity contribution is 6.33. The van der Waals surface area contributed by atoms with Crippen molar-refractivity contribution in [3.63, 3.8) is 0 Å². The average Bonchev–Trinajstić information content (AvgIpc) is 3.54. The summed E-state index contributed by atoms with van der Waals surface area (Å²) in [5, 5.41) is 13.2. The highest BCUT2D eigenvalue weighted by atomic mass is 35.5. The van der Waals surface area contributed by atoms with Gasteiger partial charge < -0.3 is 44.9 Å². The molecule has 4 heterocycles. The minimum absolute atomic E-state index is 0.230. The first-order valence-corrected chi connectivity index (χ1v) is 16.3. The maximum atomic E-state index is 12.5. The lowest BCUT2D eigenvalue weighted by atomic mass is 9.90. The standard InChI is InChI=1S/C34H40ClN9O4/c1-4-32(45)39-25-17-26(29(46-3)18-27(25)44-13-9-22(10-14-44)30-20-36-12-16-47-30)41-34-38-19-23(35)33(42-34)40-24-7-5-6-8-28(24)48-21-31-37-11-15-43(31)2/h4-8,11,15,17-19,22,30,36H,1,9-10,12-14,16,20-21H2,2-3H3,(H,39,45)(H2,38,40,41,42). The molecule has 0 aliphatic carbocycles. The van der Waals surface area contributed by atoms with Crippen LogP contribution in [0.2, 0.25) is 5.02 Å². The highest BCUT2D eigenvalue weighted by Gasteiger charge is 2.30. The number of nitrogens with zero attached hydrogens (tertiary/aromatic N) is 5. The van der Waals surface area contributed by atoms with E-state index in [2.05, 4.69) is 47.7 Å². The number of rotatable bonds is 12.